The van der Waals surface area contributed by atoms with Crippen LogP contribution in [0, 0.1) is 0 Å². The van der Waals surface area contributed by atoms with Gasteiger partial charge in [-0.2, -0.15) is 0 Å². The highest BCUT2D eigenvalue weighted by Crippen LogP contribution is 2.34. The highest BCUT2D eigenvalue weighted by molar-refractivity contribution is 9.10. The van der Waals surface area contributed by atoms with E-state index < -0.39 is 0 Å². The first-order valence-electron chi connectivity index (χ1n) is 6.14. The number of nitrogens with zero attached hydrogens (tertiary/aromatic N) is 2. The summed E-state index contributed by atoms with van der Waals surface area (Å²) in [5, 5.41) is 2.01. The van der Waals surface area contributed by atoms with Gasteiger partial charge in [-0.25, -0.2) is 9.97 Å². The number of aromatic nitrogens is 2. The second-order valence-electron chi connectivity index (χ2n) is 4.25. The summed E-state index contributed by atoms with van der Waals surface area (Å²) >= 11 is 5.12. The van der Waals surface area contributed by atoms with E-state index in [0.717, 1.165) is 30.9 Å². The molecule has 0 fully saturated rings. The second kappa shape index (κ2) is 5.91. The van der Waals surface area contributed by atoms with Gasteiger partial charge in [-0.1, -0.05) is 52.0 Å². The van der Waals surface area contributed by atoms with Gasteiger partial charge in [0.1, 0.15) is 11.4 Å². The van der Waals surface area contributed by atoms with Gasteiger partial charge >= 0.3 is 0 Å². The number of nitrogens with two attached hydrogens (primary N) is 1. The quantitative estimate of drug-likeness (QED) is 0.729. The third kappa shape index (κ3) is 2.70. The smallest absolute Gasteiger partial charge is 0.117 e. The average Bonchev–Trinajstić information content (AvgIpc) is 2.48. The molecule has 3 aromatic rings. The Balaban J connectivity index is 2.07. The number of para-hydroxylation sites is 1. The zero-order valence-corrected chi connectivity index (χ0v) is 13.0. The van der Waals surface area contributed by atoms with Crippen molar-refractivity contribution >= 4 is 38.6 Å². The molecule has 1 aromatic heterocycles. The van der Waals surface area contributed by atoms with Crippen molar-refractivity contribution in [3.63, 3.8) is 0 Å². The zero-order chi connectivity index (χ0) is 13.9. The number of hydrogen-bond donors (Lipinski definition) is 1. The average molecular weight is 346 g/mol. The van der Waals surface area contributed by atoms with Gasteiger partial charge in [0, 0.05) is 21.3 Å². The maximum atomic E-state index is 5.81. The van der Waals surface area contributed by atoms with Crippen LogP contribution in [0.15, 0.2) is 63.2 Å². The molecule has 0 saturated carbocycles. The zero-order valence-electron chi connectivity index (χ0n) is 10.6. The van der Waals surface area contributed by atoms with Crippen LogP contribution in [0.3, 0.4) is 0 Å². The molecular formula is C15H12BrN3S. The molecule has 0 spiro atoms. The fourth-order valence-corrected chi connectivity index (χ4v) is 3.53. The molecule has 3 nitrogen and oxygen atoms in total. The molecule has 20 heavy (non-hydrogen) atoms. The molecule has 0 unspecified atom stereocenters. The standard InChI is InChI=1S/C15H12BrN3S/c16-11-6-5-10(8-17)14(7-11)20-15-12-3-1-2-4-13(12)18-9-19-15/h1-7,9H,8,17H2. The molecule has 2 N–H and O–H groups in total. The lowest BCUT2D eigenvalue weighted by Crippen LogP contribution is -1.98. The molecule has 3 rings (SSSR count). The Morgan fingerprint density at radius 3 is 2.80 bits per heavy atom. The largest absolute Gasteiger partial charge is 0.326 e. The van der Waals surface area contributed by atoms with Gasteiger partial charge in [-0.3, -0.25) is 0 Å². The van der Waals surface area contributed by atoms with Crippen molar-refractivity contribution < 1.29 is 0 Å². The Morgan fingerprint density at radius 1 is 1.10 bits per heavy atom. The predicted molar refractivity (Wildman–Crippen MR) is 85.7 cm³/mol. The number of benzene rings is 2. The predicted octanol–water partition coefficient (Wildman–Crippen LogP) is 4.00. The summed E-state index contributed by atoms with van der Waals surface area (Å²) in [4.78, 5) is 9.80. The van der Waals surface area contributed by atoms with E-state index in [0.29, 0.717) is 6.54 Å². The van der Waals surface area contributed by atoms with Crippen LogP contribution in [0.1, 0.15) is 5.56 Å². The third-order valence-corrected chi connectivity index (χ3v) is 4.57. The molecule has 0 amide bonds. The minimum absolute atomic E-state index is 0.513. The molecule has 0 aliphatic carbocycles. The van der Waals surface area contributed by atoms with E-state index in [1.165, 1.54) is 0 Å². The van der Waals surface area contributed by atoms with Crippen molar-refractivity contribution in [1.82, 2.24) is 9.97 Å². The topological polar surface area (TPSA) is 51.8 Å². The minimum atomic E-state index is 0.513. The van der Waals surface area contributed by atoms with Gasteiger partial charge in [0.2, 0.25) is 0 Å². The first kappa shape index (κ1) is 13.5. The molecule has 5 heteroatoms. The molecule has 1 heterocycles. The van der Waals surface area contributed by atoms with E-state index in [1.807, 2.05) is 36.4 Å². The van der Waals surface area contributed by atoms with Crippen molar-refractivity contribution in [3.8, 4) is 0 Å². The van der Waals surface area contributed by atoms with E-state index in [9.17, 15) is 0 Å². The number of halogens is 1. The Bertz CT molecular complexity index is 756. The van der Waals surface area contributed by atoms with Crippen LogP contribution in [0.5, 0.6) is 0 Å². The van der Waals surface area contributed by atoms with Crippen LogP contribution in [0.4, 0.5) is 0 Å². The summed E-state index contributed by atoms with van der Waals surface area (Å²) in [5.41, 5.74) is 7.87. The SMILES string of the molecule is NCc1ccc(Br)cc1Sc1ncnc2ccccc12. The molecule has 2 aromatic carbocycles. The van der Waals surface area contributed by atoms with Crippen LogP contribution in [-0.2, 0) is 6.54 Å². The summed E-state index contributed by atoms with van der Waals surface area (Å²) in [6, 6.07) is 14.1. The maximum absolute atomic E-state index is 5.81. The first-order chi connectivity index (χ1) is 9.78. The molecule has 0 bridgehead atoms. The fourth-order valence-electron chi connectivity index (χ4n) is 1.96. The lowest BCUT2D eigenvalue weighted by Gasteiger charge is -2.09. The normalized spacial score (nSPS) is 10.9. The third-order valence-electron chi connectivity index (χ3n) is 2.96. The van der Waals surface area contributed by atoms with E-state index in [-0.39, 0.29) is 0 Å². The maximum Gasteiger partial charge on any atom is 0.117 e. The van der Waals surface area contributed by atoms with Crippen molar-refractivity contribution in [2.45, 2.75) is 16.5 Å². The van der Waals surface area contributed by atoms with Crippen molar-refractivity contribution in [3.05, 3.63) is 58.8 Å². The van der Waals surface area contributed by atoms with Crippen molar-refractivity contribution in [1.29, 1.82) is 0 Å². The Hall–Kier alpha value is -1.43. The first-order valence-corrected chi connectivity index (χ1v) is 7.75. The minimum Gasteiger partial charge on any atom is -0.326 e. The number of rotatable bonds is 3. The Labute approximate surface area is 129 Å². The summed E-state index contributed by atoms with van der Waals surface area (Å²) in [6.07, 6.45) is 1.60. The van der Waals surface area contributed by atoms with Crippen LogP contribution in [0.25, 0.3) is 10.9 Å². The molecule has 0 aliphatic heterocycles. The summed E-state index contributed by atoms with van der Waals surface area (Å²) in [5.74, 6) is 0. The molecule has 0 aliphatic rings. The Kier molecular flexibility index (Phi) is 4.00. The van der Waals surface area contributed by atoms with Gasteiger partial charge in [0.15, 0.2) is 0 Å². The van der Waals surface area contributed by atoms with Crippen LogP contribution < -0.4 is 5.73 Å². The van der Waals surface area contributed by atoms with Gasteiger partial charge in [-0.05, 0) is 23.8 Å². The van der Waals surface area contributed by atoms with Gasteiger partial charge in [0.05, 0.1) is 5.52 Å². The van der Waals surface area contributed by atoms with Crippen molar-refractivity contribution in [2.24, 2.45) is 5.73 Å². The number of hydrogen-bond acceptors (Lipinski definition) is 4. The second-order valence-corrected chi connectivity index (χ2v) is 6.20. The van der Waals surface area contributed by atoms with E-state index in [1.54, 1.807) is 18.1 Å². The van der Waals surface area contributed by atoms with E-state index in [2.05, 4.69) is 32.0 Å². The number of fused-ring (bicyclic) bond motifs is 1. The highest BCUT2D eigenvalue weighted by atomic mass is 79.9. The molecule has 0 atom stereocenters. The van der Waals surface area contributed by atoms with Gasteiger partial charge < -0.3 is 5.73 Å². The lowest BCUT2D eigenvalue weighted by molar-refractivity contribution is 1.02. The lowest BCUT2D eigenvalue weighted by atomic mass is 10.2. The molecule has 100 valence electrons. The highest BCUT2D eigenvalue weighted by Gasteiger charge is 2.08. The van der Waals surface area contributed by atoms with Gasteiger partial charge in [0.25, 0.3) is 0 Å². The van der Waals surface area contributed by atoms with E-state index in [4.69, 9.17) is 5.73 Å². The Morgan fingerprint density at radius 2 is 1.95 bits per heavy atom. The summed E-state index contributed by atoms with van der Waals surface area (Å²) < 4.78 is 1.04. The van der Waals surface area contributed by atoms with Crippen LogP contribution in [0.2, 0.25) is 0 Å². The molecular weight excluding hydrogens is 334 g/mol. The van der Waals surface area contributed by atoms with Gasteiger partial charge in [-0.15, -0.1) is 0 Å². The van der Waals surface area contributed by atoms with Crippen LogP contribution in [-0.4, -0.2) is 9.97 Å². The van der Waals surface area contributed by atoms with Crippen molar-refractivity contribution in [2.75, 3.05) is 0 Å². The fraction of sp³-hybridized carbons (Fsp3) is 0.0667. The molecule has 0 radical (unpaired) electrons. The molecule has 0 saturated heterocycles. The monoisotopic (exact) mass is 345 g/mol. The summed E-state index contributed by atoms with van der Waals surface area (Å²) in [7, 11) is 0. The van der Waals surface area contributed by atoms with E-state index >= 15 is 0 Å². The summed E-state index contributed by atoms with van der Waals surface area (Å²) in [6.45, 7) is 0.513. The van der Waals surface area contributed by atoms with Crippen LogP contribution >= 0.6 is 27.7 Å².